The van der Waals surface area contributed by atoms with Crippen LogP contribution in [-0.4, -0.2) is 39.2 Å². The first-order valence-electron chi connectivity index (χ1n) is 5.90. The number of halogens is 2. The summed E-state index contributed by atoms with van der Waals surface area (Å²) in [4.78, 5) is 0. The fourth-order valence-corrected chi connectivity index (χ4v) is 0.925. The minimum atomic E-state index is 0. The van der Waals surface area contributed by atoms with E-state index in [1.54, 1.807) is 0 Å². The molecule has 0 aliphatic rings. The van der Waals surface area contributed by atoms with E-state index in [2.05, 4.69) is 35.1 Å². The van der Waals surface area contributed by atoms with Gasteiger partial charge in [0.25, 0.3) is 0 Å². The Bertz CT molecular complexity index is 93.7. The lowest BCUT2D eigenvalue weighted by atomic mass is 10.1. The summed E-state index contributed by atoms with van der Waals surface area (Å²) in [7, 11) is 8.50. The van der Waals surface area contributed by atoms with Crippen molar-refractivity contribution in [1.82, 2.24) is 0 Å². The summed E-state index contributed by atoms with van der Waals surface area (Å²) in [5.74, 6) is 0. The molecule has 0 rings (SSSR count). The number of unbranched alkanes of at least 4 members (excludes halogenated alkanes) is 5. The summed E-state index contributed by atoms with van der Waals surface area (Å²) in [5, 5.41) is 0. The number of rotatable bonds is 6. The van der Waals surface area contributed by atoms with Crippen LogP contribution in [0.3, 0.4) is 0 Å². The van der Waals surface area contributed by atoms with Crippen LogP contribution in [0.15, 0.2) is 0 Å². The molecule has 0 aromatic carbocycles. The van der Waals surface area contributed by atoms with Crippen LogP contribution in [0, 0.1) is 0 Å². The molecule has 0 fully saturated rings. The maximum absolute atomic E-state index is 5.34. The Morgan fingerprint density at radius 1 is 0.812 bits per heavy atom. The fraction of sp³-hybridized carbons (Fsp3) is 1.00. The van der Waals surface area contributed by atoms with Gasteiger partial charge in [0.1, 0.15) is 0 Å². The molecule has 0 atom stereocenters. The molecule has 0 spiro atoms. The summed E-state index contributed by atoms with van der Waals surface area (Å²) < 4.78 is 1.00. The van der Waals surface area contributed by atoms with E-state index < -0.39 is 0 Å². The standard InChI is InChI=1S/C8H19N.C4H12N.BrH.ClH/c1-2-3-4-5-6-7-8-9;1-5(2,3)4;;/h2-9H2,1H3;1-4H3;2*1H/q;+1;;/p-1. The van der Waals surface area contributed by atoms with Crippen LogP contribution >= 0.6 is 12.4 Å². The molecule has 0 aliphatic heterocycles. The van der Waals surface area contributed by atoms with E-state index in [-0.39, 0.29) is 29.4 Å². The average Bonchev–Trinajstić information content (AvgIpc) is 2.01. The quantitative estimate of drug-likeness (QED) is 0.543. The highest BCUT2D eigenvalue weighted by molar-refractivity contribution is 5.85. The molecule has 0 aromatic rings. The normalized spacial score (nSPS) is 9.38. The monoisotopic (exact) mass is 318 g/mol. The average molecular weight is 320 g/mol. The summed E-state index contributed by atoms with van der Waals surface area (Å²) in [6.45, 7) is 3.11. The Morgan fingerprint density at radius 3 is 1.44 bits per heavy atom. The van der Waals surface area contributed by atoms with Gasteiger partial charge in [0.15, 0.2) is 0 Å². The smallest absolute Gasteiger partial charge is 0.0675 e. The van der Waals surface area contributed by atoms with Crippen molar-refractivity contribution in [1.29, 1.82) is 0 Å². The lowest BCUT2D eigenvalue weighted by Crippen LogP contribution is -3.00. The van der Waals surface area contributed by atoms with Crippen LogP contribution in [0.1, 0.15) is 45.4 Å². The molecule has 0 aliphatic carbocycles. The van der Waals surface area contributed by atoms with Gasteiger partial charge in [-0.05, 0) is 13.0 Å². The third kappa shape index (κ3) is 61.5. The summed E-state index contributed by atoms with van der Waals surface area (Å²) >= 11 is 0. The van der Waals surface area contributed by atoms with Crippen molar-refractivity contribution in [2.75, 3.05) is 34.7 Å². The van der Waals surface area contributed by atoms with Gasteiger partial charge in [0.2, 0.25) is 0 Å². The van der Waals surface area contributed by atoms with E-state index in [1.807, 2.05) is 0 Å². The molecule has 0 saturated heterocycles. The number of hydrogen-bond donors (Lipinski definition) is 1. The molecule has 2 nitrogen and oxygen atoms in total. The van der Waals surface area contributed by atoms with Crippen molar-refractivity contribution in [3.63, 3.8) is 0 Å². The van der Waals surface area contributed by atoms with Crippen LogP contribution in [0.5, 0.6) is 0 Å². The minimum Gasteiger partial charge on any atom is -1.00 e. The van der Waals surface area contributed by atoms with Crippen LogP contribution in [-0.2, 0) is 0 Å². The van der Waals surface area contributed by atoms with Crippen LogP contribution in [0.2, 0.25) is 0 Å². The second-order valence-electron chi connectivity index (χ2n) is 5.24. The first kappa shape index (κ1) is 25.5. The first-order valence-corrected chi connectivity index (χ1v) is 5.90. The van der Waals surface area contributed by atoms with Gasteiger partial charge in [-0.2, -0.15) is 0 Å². The van der Waals surface area contributed by atoms with E-state index in [0.717, 1.165) is 11.0 Å². The summed E-state index contributed by atoms with van der Waals surface area (Å²) in [6, 6.07) is 0. The highest BCUT2D eigenvalue weighted by Gasteiger charge is 1.88. The van der Waals surface area contributed by atoms with Gasteiger partial charge in [-0.1, -0.05) is 39.0 Å². The van der Waals surface area contributed by atoms with Gasteiger partial charge in [0.05, 0.1) is 28.2 Å². The van der Waals surface area contributed by atoms with E-state index in [0.29, 0.717) is 0 Å². The Hall–Kier alpha value is 0.690. The Balaban J connectivity index is -0.0000000904. The van der Waals surface area contributed by atoms with Crippen molar-refractivity contribution in [3.8, 4) is 0 Å². The van der Waals surface area contributed by atoms with Crippen molar-refractivity contribution < 1.29 is 21.5 Å². The molecule has 0 unspecified atom stereocenters. The molecular weight excluding hydrogens is 288 g/mol. The third-order valence-corrected chi connectivity index (χ3v) is 1.56. The molecule has 2 N–H and O–H groups in total. The Morgan fingerprint density at radius 2 is 1.12 bits per heavy atom. The lowest BCUT2D eigenvalue weighted by molar-refractivity contribution is -0.849. The molecular formula is C12H32BrClN2. The van der Waals surface area contributed by atoms with Gasteiger partial charge in [-0.15, -0.1) is 12.4 Å². The van der Waals surface area contributed by atoms with Crippen LogP contribution < -0.4 is 22.7 Å². The molecule has 0 heterocycles. The first-order chi connectivity index (χ1) is 6.41. The Labute approximate surface area is 120 Å². The van der Waals surface area contributed by atoms with Crippen LogP contribution in [0.4, 0.5) is 0 Å². The molecule has 0 bridgehead atoms. The van der Waals surface area contributed by atoms with Gasteiger partial charge in [-0.25, -0.2) is 0 Å². The predicted molar refractivity (Wildman–Crippen MR) is 73.6 cm³/mol. The highest BCUT2D eigenvalue weighted by Crippen LogP contribution is 2.03. The van der Waals surface area contributed by atoms with Crippen molar-refractivity contribution in [3.05, 3.63) is 0 Å². The zero-order valence-corrected chi connectivity index (χ0v) is 14.2. The van der Waals surface area contributed by atoms with Gasteiger partial charge in [-0.3, -0.25) is 0 Å². The lowest BCUT2D eigenvalue weighted by Gasteiger charge is -2.14. The van der Waals surface area contributed by atoms with E-state index in [1.165, 1.54) is 38.5 Å². The maximum atomic E-state index is 5.34. The second kappa shape index (κ2) is 18.1. The number of nitrogens with two attached hydrogens (primary N) is 1. The number of nitrogens with zero attached hydrogens (tertiary/aromatic N) is 1. The second-order valence-corrected chi connectivity index (χ2v) is 5.24. The van der Waals surface area contributed by atoms with Crippen LogP contribution in [0.25, 0.3) is 0 Å². The fourth-order valence-electron chi connectivity index (χ4n) is 0.925. The molecule has 0 saturated carbocycles. The van der Waals surface area contributed by atoms with E-state index >= 15 is 0 Å². The zero-order chi connectivity index (χ0) is 11.4. The maximum Gasteiger partial charge on any atom is 0.0675 e. The molecule has 104 valence electrons. The summed E-state index contributed by atoms with van der Waals surface area (Å²) in [6.07, 6.45) is 8.05. The molecule has 0 amide bonds. The highest BCUT2D eigenvalue weighted by atomic mass is 79.9. The third-order valence-electron chi connectivity index (χ3n) is 1.56. The largest absolute Gasteiger partial charge is 1.00 e. The van der Waals surface area contributed by atoms with Gasteiger partial charge in [0, 0.05) is 0 Å². The molecule has 4 heteroatoms. The molecule has 16 heavy (non-hydrogen) atoms. The van der Waals surface area contributed by atoms with Gasteiger partial charge < -0.3 is 27.2 Å². The topological polar surface area (TPSA) is 26.0 Å². The van der Waals surface area contributed by atoms with Crippen molar-refractivity contribution in [2.45, 2.75) is 45.4 Å². The van der Waals surface area contributed by atoms with E-state index in [4.69, 9.17) is 5.73 Å². The Kier molecular flexibility index (Phi) is 28.8. The van der Waals surface area contributed by atoms with E-state index in [9.17, 15) is 0 Å². The molecule has 0 radical (unpaired) electrons. The minimum absolute atomic E-state index is 0. The number of hydrogen-bond acceptors (Lipinski definition) is 1. The number of quaternary nitrogens is 1. The SMILES string of the molecule is CCCCCCCCN.C[N+](C)(C)C.Cl.[Br-]. The zero-order valence-electron chi connectivity index (χ0n) is 11.8. The van der Waals surface area contributed by atoms with Crippen molar-refractivity contribution >= 4 is 12.4 Å². The van der Waals surface area contributed by atoms with Crippen molar-refractivity contribution in [2.24, 2.45) is 5.73 Å². The van der Waals surface area contributed by atoms with Gasteiger partial charge >= 0.3 is 0 Å². The predicted octanol–water partition coefficient (Wildman–Crippen LogP) is 0.0538. The summed E-state index contributed by atoms with van der Waals surface area (Å²) in [5.41, 5.74) is 5.34. The molecule has 0 aromatic heterocycles.